The van der Waals surface area contributed by atoms with Gasteiger partial charge in [-0.05, 0) is 39.7 Å². The summed E-state index contributed by atoms with van der Waals surface area (Å²) in [7, 11) is 2.09. The van der Waals surface area contributed by atoms with Crippen LogP contribution in [-0.4, -0.2) is 65.7 Å². The fourth-order valence-corrected chi connectivity index (χ4v) is 2.70. The molecular formula is C14H25N3O3. The zero-order chi connectivity index (χ0) is 14.7. The van der Waals surface area contributed by atoms with Crippen LogP contribution in [0.25, 0.3) is 0 Å². The molecule has 114 valence electrons. The van der Waals surface area contributed by atoms with Gasteiger partial charge in [-0.3, -0.25) is 9.69 Å². The molecule has 6 nitrogen and oxygen atoms in total. The highest BCUT2D eigenvalue weighted by atomic mass is 16.4. The molecule has 0 aromatic heterocycles. The number of carboxylic acids is 1. The van der Waals surface area contributed by atoms with Gasteiger partial charge in [0.05, 0.1) is 5.92 Å². The van der Waals surface area contributed by atoms with Gasteiger partial charge in [-0.25, -0.2) is 4.79 Å². The average molecular weight is 283 g/mol. The van der Waals surface area contributed by atoms with Gasteiger partial charge in [-0.15, -0.1) is 0 Å². The van der Waals surface area contributed by atoms with Gasteiger partial charge in [0, 0.05) is 31.7 Å². The SMILES string of the molecule is CC(CNC(=O)N1CCCC(C(=O)O)C1)N(C)C1CC1. The molecule has 0 aromatic carbocycles. The number of likely N-dealkylation sites (N-methyl/N-ethyl adjacent to an activating group) is 1. The van der Waals surface area contributed by atoms with Crippen LogP contribution in [0.15, 0.2) is 0 Å². The van der Waals surface area contributed by atoms with E-state index in [1.54, 1.807) is 4.90 Å². The summed E-state index contributed by atoms with van der Waals surface area (Å²) in [5, 5.41) is 12.0. The number of piperidine rings is 1. The van der Waals surface area contributed by atoms with Crippen LogP contribution in [0.1, 0.15) is 32.6 Å². The van der Waals surface area contributed by atoms with Crippen LogP contribution in [0.5, 0.6) is 0 Å². The van der Waals surface area contributed by atoms with Crippen LogP contribution in [0.4, 0.5) is 4.79 Å². The molecule has 1 saturated carbocycles. The molecule has 2 unspecified atom stereocenters. The maximum absolute atomic E-state index is 12.1. The van der Waals surface area contributed by atoms with Crippen LogP contribution in [0.2, 0.25) is 0 Å². The number of amides is 2. The summed E-state index contributed by atoms with van der Waals surface area (Å²) in [6.07, 6.45) is 3.93. The summed E-state index contributed by atoms with van der Waals surface area (Å²) < 4.78 is 0. The van der Waals surface area contributed by atoms with E-state index in [0.717, 1.165) is 6.42 Å². The maximum atomic E-state index is 12.1. The minimum atomic E-state index is -0.802. The Morgan fingerprint density at radius 3 is 2.70 bits per heavy atom. The Balaban J connectivity index is 1.74. The van der Waals surface area contributed by atoms with E-state index >= 15 is 0 Å². The molecule has 2 rings (SSSR count). The van der Waals surface area contributed by atoms with Crippen LogP contribution in [-0.2, 0) is 4.79 Å². The summed E-state index contributed by atoms with van der Waals surface area (Å²) in [6.45, 7) is 3.70. The van der Waals surface area contributed by atoms with Crippen molar-refractivity contribution in [3.8, 4) is 0 Å². The van der Waals surface area contributed by atoms with E-state index in [1.807, 2.05) is 0 Å². The van der Waals surface area contributed by atoms with E-state index in [1.165, 1.54) is 12.8 Å². The zero-order valence-corrected chi connectivity index (χ0v) is 12.3. The summed E-state index contributed by atoms with van der Waals surface area (Å²) in [6, 6.07) is 0.854. The standard InChI is InChI=1S/C14H25N3O3/c1-10(16(2)12-5-6-12)8-15-14(20)17-7-3-4-11(9-17)13(18)19/h10-12H,3-9H2,1-2H3,(H,15,20)(H,18,19). The minimum absolute atomic E-state index is 0.132. The van der Waals surface area contributed by atoms with E-state index < -0.39 is 11.9 Å². The van der Waals surface area contributed by atoms with Gasteiger partial charge in [0.15, 0.2) is 0 Å². The molecule has 2 fully saturated rings. The van der Waals surface area contributed by atoms with E-state index in [4.69, 9.17) is 5.11 Å². The Hall–Kier alpha value is -1.30. The number of carboxylic acid groups (broad SMARTS) is 1. The first-order chi connectivity index (χ1) is 9.49. The molecule has 6 heteroatoms. The van der Waals surface area contributed by atoms with E-state index in [0.29, 0.717) is 38.1 Å². The molecule has 1 saturated heterocycles. The van der Waals surface area contributed by atoms with Gasteiger partial charge in [-0.2, -0.15) is 0 Å². The first-order valence-corrected chi connectivity index (χ1v) is 7.46. The number of hydrogen-bond donors (Lipinski definition) is 2. The topological polar surface area (TPSA) is 72.9 Å². The molecule has 1 aliphatic heterocycles. The van der Waals surface area contributed by atoms with Gasteiger partial charge < -0.3 is 15.3 Å². The predicted molar refractivity (Wildman–Crippen MR) is 75.6 cm³/mol. The summed E-state index contributed by atoms with van der Waals surface area (Å²) >= 11 is 0. The summed E-state index contributed by atoms with van der Waals surface area (Å²) in [5.74, 6) is -1.22. The first kappa shape index (κ1) is 15.1. The molecule has 20 heavy (non-hydrogen) atoms. The lowest BCUT2D eigenvalue weighted by molar-refractivity contribution is -0.143. The molecule has 2 amide bonds. The van der Waals surface area contributed by atoms with Crippen molar-refractivity contribution in [2.24, 2.45) is 5.92 Å². The second kappa shape index (κ2) is 6.43. The smallest absolute Gasteiger partial charge is 0.317 e. The van der Waals surface area contributed by atoms with Crippen molar-refractivity contribution in [2.75, 3.05) is 26.7 Å². The maximum Gasteiger partial charge on any atom is 0.317 e. The van der Waals surface area contributed by atoms with Gasteiger partial charge >= 0.3 is 12.0 Å². The number of carbonyl (C=O) groups is 2. The summed E-state index contributed by atoms with van der Waals surface area (Å²) in [5.41, 5.74) is 0. The van der Waals surface area contributed by atoms with Crippen LogP contribution < -0.4 is 5.32 Å². The third kappa shape index (κ3) is 3.85. The van der Waals surface area contributed by atoms with Crippen molar-refractivity contribution in [1.82, 2.24) is 15.1 Å². The molecule has 0 radical (unpaired) electrons. The molecule has 2 atom stereocenters. The third-order valence-electron chi connectivity index (χ3n) is 4.42. The monoisotopic (exact) mass is 283 g/mol. The average Bonchev–Trinajstić information content (AvgIpc) is 3.28. The van der Waals surface area contributed by atoms with Crippen LogP contribution >= 0.6 is 0 Å². The van der Waals surface area contributed by atoms with Crippen molar-refractivity contribution < 1.29 is 14.7 Å². The van der Waals surface area contributed by atoms with Crippen LogP contribution in [0.3, 0.4) is 0 Å². The Labute approximate surface area is 120 Å². The second-order valence-electron chi connectivity index (χ2n) is 6.06. The quantitative estimate of drug-likeness (QED) is 0.789. The van der Waals surface area contributed by atoms with Crippen molar-refractivity contribution in [1.29, 1.82) is 0 Å². The lowest BCUT2D eigenvalue weighted by Gasteiger charge is -2.32. The van der Waals surface area contributed by atoms with E-state index in [2.05, 4.69) is 24.2 Å². The molecular weight excluding hydrogens is 258 g/mol. The number of likely N-dealkylation sites (tertiary alicyclic amines) is 1. The fraction of sp³-hybridized carbons (Fsp3) is 0.857. The number of rotatable bonds is 5. The highest BCUT2D eigenvalue weighted by Gasteiger charge is 2.30. The lowest BCUT2D eigenvalue weighted by Crippen LogP contribution is -2.50. The Morgan fingerprint density at radius 2 is 2.10 bits per heavy atom. The Kier molecular flexibility index (Phi) is 4.86. The number of urea groups is 1. The normalized spacial score (nSPS) is 24.6. The minimum Gasteiger partial charge on any atom is -0.481 e. The summed E-state index contributed by atoms with van der Waals surface area (Å²) in [4.78, 5) is 27.0. The Bertz CT molecular complexity index is 371. The number of nitrogens with zero attached hydrogens (tertiary/aromatic N) is 2. The zero-order valence-electron chi connectivity index (χ0n) is 12.3. The molecule has 1 aliphatic carbocycles. The first-order valence-electron chi connectivity index (χ1n) is 7.46. The molecule has 1 heterocycles. The van der Waals surface area contributed by atoms with Crippen molar-refractivity contribution >= 4 is 12.0 Å². The van der Waals surface area contributed by atoms with Crippen molar-refractivity contribution in [3.63, 3.8) is 0 Å². The molecule has 0 aromatic rings. The van der Waals surface area contributed by atoms with Crippen LogP contribution in [0, 0.1) is 5.92 Å². The number of carbonyl (C=O) groups excluding carboxylic acids is 1. The largest absolute Gasteiger partial charge is 0.481 e. The number of aliphatic carboxylic acids is 1. The number of nitrogens with one attached hydrogen (secondary N) is 1. The predicted octanol–water partition coefficient (Wildman–Crippen LogP) is 0.975. The number of hydrogen-bond acceptors (Lipinski definition) is 3. The van der Waals surface area contributed by atoms with Gasteiger partial charge in [0.1, 0.15) is 0 Å². The van der Waals surface area contributed by atoms with Gasteiger partial charge in [0.25, 0.3) is 0 Å². The Morgan fingerprint density at radius 1 is 1.40 bits per heavy atom. The van der Waals surface area contributed by atoms with Gasteiger partial charge in [-0.1, -0.05) is 0 Å². The second-order valence-corrected chi connectivity index (χ2v) is 6.06. The van der Waals surface area contributed by atoms with Crippen molar-refractivity contribution in [3.05, 3.63) is 0 Å². The highest BCUT2D eigenvalue weighted by molar-refractivity contribution is 5.76. The van der Waals surface area contributed by atoms with E-state index in [-0.39, 0.29) is 6.03 Å². The molecule has 2 aliphatic rings. The van der Waals surface area contributed by atoms with Crippen molar-refractivity contribution in [2.45, 2.75) is 44.7 Å². The lowest BCUT2D eigenvalue weighted by atomic mass is 9.99. The highest BCUT2D eigenvalue weighted by Crippen LogP contribution is 2.26. The molecule has 2 N–H and O–H groups in total. The van der Waals surface area contributed by atoms with Gasteiger partial charge in [0.2, 0.25) is 0 Å². The molecule has 0 bridgehead atoms. The van der Waals surface area contributed by atoms with E-state index in [9.17, 15) is 9.59 Å². The molecule has 0 spiro atoms. The fourth-order valence-electron chi connectivity index (χ4n) is 2.70. The third-order valence-corrected chi connectivity index (χ3v) is 4.42.